The molecule has 2 aliphatic rings. The van der Waals surface area contributed by atoms with Crippen molar-refractivity contribution in [3.05, 3.63) is 23.8 Å². The van der Waals surface area contributed by atoms with Gasteiger partial charge in [0.1, 0.15) is 0 Å². The third-order valence-corrected chi connectivity index (χ3v) is 5.29. The lowest BCUT2D eigenvalue weighted by atomic mass is 10.1. The van der Waals surface area contributed by atoms with Gasteiger partial charge < -0.3 is 14.8 Å². The summed E-state index contributed by atoms with van der Waals surface area (Å²) in [7, 11) is 0. The van der Waals surface area contributed by atoms with E-state index >= 15 is 0 Å². The van der Waals surface area contributed by atoms with Crippen LogP contribution in [0.15, 0.2) is 18.2 Å². The predicted molar refractivity (Wildman–Crippen MR) is 79.1 cm³/mol. The SMILES string of the molecule is CSC1CCCC1NC(C)c1ccc2c(c1)OCO2. The second kappa shape index (κ2) is 5.63. The number of thioether (sulfide) groups is 1. The Bertz CT molecular complexity index is 452. The fraction of sp³-hybridized carbons (Fsp3) is 0.600. The summed E-state index contributed by atoms with van der Waals surface area (Å²) >= 11 is 1.99. The molecule has 0 spiro atoms. The van der Waals surface area contributed by atoms with Crippen LogP contribution in [0.3, 0.4) is 0 Å². The minimum absolute atomic E-state index is 0.345. The molecule has 1 aromatic carbocycles. The van der Waals surface area contributed by atoms with Gasteiger partial charge in [-0.1, -0.05) is 12.5 Å². The molecule has 4 heteroatoms. The van der Waals surface area contributed by atoms with Crippen molar-refractivity contribution in [2.45, 2.75) is 43.5 Å². The molecule has 3 atom stereocenters. The fourth-order valence-corrected chi connectivity index (χ4v) is 3.94. The van der Waals surface area contributed by atoms with E-state index < -0.39 is 0 Å². The van der Waals surface area contributed by atoms with Crippen molar-refractivity contribution in [1.29, 1.82) is 0 Å². The maximum Gasteiger partial charge on any atom is 0.231 e. The molecule has 1 aliphatic carbocycles. The number of fused-ring (bicyclic) bond motifs is 1. The summed E-state index contributed by atoms with van der Waals surface area (Å²) < 4.78 is 10.8. The van der Waals surface area contributed by atoms with Gasteiger partial charge in [-0.25, -0.2) is 0 Å². The van der Waals surface area contributed by atoms with Gasteiger partial charge >= 0.3 is 0 Å². The molecule has 1 aliphatic heterocycles. The first-order chi connectivity index (χ1) is 9.28. The first-order valence-corrected chi connectivity index (χ1v) is 8.25. The van der Waals surface area contributed by atoms with Crippen LogP contribution in [0.25, 0.3) is 0 Å². The molecule has 1 N–H and O–H groups in total. The zero-order chi connectivity index (χ0) is 13.2. The van der Waals surface area contributed by atoms with E-state index in [0.29, 0.717) is 18.9 Å². The van der Waals surface area contributed by atoms with Crippen molar-refractivity contribution >= 4 is 11.8 Å². The minimum atomic E-state index is 0.345. The van der Waals surface area contributed by atoms with Crippen LogP contribution in [0.2, 0.25) is 0 Å². The normalized spacial score (nSPS) is 26.6. The predicted octanol–water partition coefficient (Wildman–Crippen LogP) is 3.35. The molecule has 3 unspecified atom stereocenters. The standard InChI is InChI=1S/C15H21NO2S/c1-10(16-12-4-3-5-15(12)19-2)11-6-7-13-14(8-11)18-9-17-13/h6-8,10,12,15-16H,3-5,9H2,1-2H3. The highest BCUT2D eigenvalue weighted by molar-refractivity contribution is 7.99. The van der Waals surface area contributed by atoms with Gasteiger partial charge in [0.15, 0.2) is 11.5 Å². The summed E-state index contributed by atoms with van der Waals surface area (Å²) in [5.41, 5.74) is 1.27. The van der Waals surface area contributed by atoms with E-state index in [1.165, 1.54) is 24.8 Å². The Morgan fingerprint density at radius 1 is 1.26 bits per heavy atom. The molecule has 0 amide bonds. The Morgan fingerprint density at radius 2 is 2.11 bits per heavy atom. The monoisotopic (exact) mass is 279 g/mol. The quantitative estimate of drug-likeness (QED) is 0.915. The Balaban J connectivity index is 1.68. The van der Waals surface area contributed by atoms with E-state index in [2.05, 4.69) is 30.6 Å². The van der Waals surface area contributed by atoms with Crippen molar-refractivity contribution < 1.29 is 9.47 Å². The van der Waals surface area contributed by atoms with E-state index in [-0.39, 0.29) is 0 Å². The van der Waals surface area contributed by atoms with Gasteiger partial charge in [0.05, 0.1) is 0 Å². The van der Waals surface area contributed by atoms with Crippen LogP contribution >= 0.6 is 11.8 Å². The number of hydrogen-bond donors (Lipinski definition) is 1. The first kappa shape index (κ1) is 13.1. The van der Waals surface area contributed by atoms with Gasteiger partial charge in [-0.05, 0) is 43.7 Å². The summed E-state index contributed by atoms with van der Waals surface area (Å²) in [4.78, 5) is 0. The van der Waals surface area contributed by atoms with Gasteiger partial charge in [-0.3, -0.25) is 0 Å². The molecular formula is C15H21NO2S. The van der Waals surface area contributed by atoms with E-state index in [0.717, 1.165) is 16.7 Å². The number of hydrogen-bond acceptors (Lipinski definition) is 4. The summed E-state index contributed by atoms with van der Waals surface area (Å²) in [5.74, 6) is 1.73. The van der Waals surface area contributed by atoms with Crippen molar-refractivity contribution in [2.75, 3.05) is 13.0 Å². The van der Waals surface area contributed by atoms with E-state index in [1.54, 1.807) is 0 Å². The Hall–Kier alpha value is -0.870. The lowest BCUT2D eigenvalue weighted by Gasteiger charge is -2.24. The van der Waals surface area contributed by atoms with Crippen molar-refractivity contribution in [3.63, 3.8) is 0 Å². The Labute approximate surface area is 119 Å². The fourth-order valence-electron chi connectivity index (χ4n) is 3.00. The highest BCUT2D eigenvalue weighted by atomic mass is 32.2. The molecule has 0 aromatic heterocycles. The zero-order valence-corrected chi connectivity index (χ0v) is 12.3. The van der Waals surface area contributed by atoms with Crippen LogP contribution in [0.1, 0.15) is 37.8 Å². The van der Waals surface area contributed by atoms with Crippen LogP contribution in [-0.2, 0) is 0 Å². The lowest BCUT2D eigenvalue weighted by Crippen LogP contribution is -2.35. The number of rotatable bonds is 4. The van der Waals surface area contributed by atoms with Crippen molar-refractivity contribution in [3.8, 4) is 11.5 Å². The Kier molecular flexibility index (Phi) is 3.89. The zero-order valence-electron chi connectivity index (χ0n) is 11.5. The topological polar surface area (TPSA) is 30.5 Å². The average Bonchev–Trinajstić information content (AvgIpc) is 3.05. The third kappa shape index (κ3) is 2.70. The molecule has 3 rings (SSSR count). The largest absolute Gasteiger partial charge is 0.454 e. The molecule has 3 nitrogen and oxygen atoms in total. The molecule has 1 aromatic rings. The second-order valence-corrected chi connectivity index (χ2v) is 6.39. The summed E-state index contributed by atoms with van der Waals surface area (Å²) in [6.45, 7) is 2.57. The molecule has 1 fully saturated rings. The van der Waals surface area contributed by atoms with E-state index in [1.807, 2.05) is 17.8 Å². The van der Waals surface area contributed by atoms with Crippen LogP contribution in [0.4, 0.5) is 0 Å². The molecule has 0 bridgehead atoms. The van der Waals surface area contributed by atoms with E-state index in [4.69, 9.17) is 9.47 Å². The number of ether oxygens (including phenoxy) is 2. The smallest absolute Gasteiger partial charge is 0.231 e. The maximum absolute atomic E-state index is 5.45. The minimum Gasteiger partial charge on any atom is -0.454 e. The van der Waals surface area contributed by atoms with Gasteiger partial charge in [0.2, 0.25) is 6.79 Å². The van der Waals surface area contributed by atoms with Crippen molar-refractivity contribution in [2.24, 2.45) is 0 Å². The third-order valence-electron chi connectivity index (χ3n) is 4.12. The molecular weight excluding hydrogens is 258 g/mol. The highest BCUT2D eigenvalue weighted by Gasteiger charge is 2.27. The number of nitrogens with one attached hydrogen (secondary N) is 1. The molecule has 1 saturated carbocycles. The van der Waals surface area contributed by atoms with Gasteiger partial charge in [0, 0.05) is 17.3 Å². The molecule has 19 heavy (non-hydrogen) atoms. The number of benzene rings is 1. The maximum atomic E-state index is 5.45. The molecule has 104 valence electrons. The van der Waals surface area contributed by atoms with Crippen LogP contribution in [0.5, 0.6) is 11.5 Å². The van der Waals surface area contributed by atoms with Crippen molar-refractivity contribution in [1.82, 2.24) is 5.32 Å². The highest BCUT2D eigenvalue weighted by Crippen LogP contribution is 2.35. The first-order valence-electron chi connectivity index (χ1n) is 6.96. The van der Waals surface area contributed by atoms with Crippen LogP contribution in [0, 0.1) is 0 Å². The van der Waals surface area contributed by atoms with Gasteiger partial charge in [0.25, 0.3) is 0 Å². The summed E-state index contributed by atoms with van der Waals surface area (Å²) in [6, 6.07) is 7.23. The molecule has 0 saturated heterocycles. The second-order valence-electron chi connectivity index (χ2n) is 5.31. The van der Waals surface area contributed by atoms with Crippen LogP contribution < -0.4 is 14.8 Å². The summed E-state index contributed by atoms with van der Waals surface area (Å²) in [6.07, 6.45) is 6.19. The van der Waals surface area contributed by atoms with E-state index in [9.17, 15) is 0 Å². The lowest BCUT2D eigenvalue weighted by molar-refractivity contribution is 0.174. The molecule has 0 radical (unpaired) electrons. The average molecular weight is 279 g/mol. The summed E-state index contributed by atoms with van der Waals surface area (Å²) in [5, 5.41) is 4.53. The van der Waals surface area contributed by atoms with Crippen LogP contribution in [-0.4, -0.2) is 24.3 Å². The Morgan fingerprint density at radius 3 is 2.95 bits per heavy atom. The van der Waals surface area contributed by atoms with Gasteiger partial charge in [-0.15, -0.1) is 0 Å². The van der Waals surface area contributed by atoms with Gasteiger partial charge in [-0.2, -0.15) is 11.8 Å². The molecule has 1 heterocycles.